The van der Waals surface area contributed by atoms with Gasteiger partial charge < -0.3 is 9.32 Å². The number of nitrogens with zero attached hydrogens (tertiary/aromatic N) is 3. The summed E-state index contributed by atoms with van der Waals surface area (Å²) in [6, 6.07) is 13.5. The molecule has 4 rings (SSSR count). The number of fused-ring (bicyclic) bond motifs is 3. The Morgan fingerprint density at radius 2 is 1.64 bits per heavy atom. The number of furan rings is 1. The summed E-state index contributed by atoms with van der Waals surface area (Å²) in [4.78, 5) is 20.4. The first-order chi connectivity index (χ1) is 13.4. The highest BCUT2D eigenvalue weighted by molar-refractivity contribution is 6.02. The Labute approximate surface area is 162 Å². The fraction of sp³-hybridized carbons (Fsp3) is 0.273. The molecule has 0 aliphatic carbocycles. The molecular weight excluding hydrogens is 357 g/mol. The third kappa shape index (κ3) is 2.85. The number of benzene rings is 2. The minimum Gasteiger partial charge on any atom is -0.448 e. The van der Waals surface area contributed by atoms with Crippen molar-refractivity contribution in [3.63, 3.8) is 0 Å². The molecule has 0 aliphatic heterocycles. The van der Waals surface area contributed by atoms with Gasteiger partial charge in [-0.2, -0.15) is 0 Å². The fourth-order valence-electron chi connectivity index (χ4n) is 3.68. The van der Waals surface area contributed by atoms with Gasteiger partial charge in [-0.3, -0.25) is 4.79 Å². The second kappa shape index (κ2) is 6.78. The van der Waals surface area contributed by atoms with Crippen LogP contribution in [-0.4, -0.2) is 21.6 Å². The average Bonchev–Trinajstić information content (AvgIpc) is 3.02. The molecule has 28 heavy (non-hydrogen) atoms. The van der Waals surface area contributed by atoms with Crippen LogP contribution in [0.3, 0.4) is 0 Å². The molecule has 0 saturated carbocycles. The van der Waals surface area contributed by atoms with E-state index in [4.69, 9.17) is 9.40 Å². The van der Waals surface area contributed by atoms with Gasteiger partial charge >= 0.3 is 5.56 Å². The van der Waals surface area contributed by atoms with E-state index < -0.39 is 0 Å². The van der Waals surface area contributed by atoms with E-state index in [9.17, 15) is 9.18 Å². The Morgan fingerprint density at radius 1 is 1.00 bits per heavy atom. The molecule has 0 amide bonds. The second-order valence-corrected chi connectivity index (χ2v) is 7.40. The van der Waals surface area contributed by atoms with Gasteiger partial charge in [-0.15, -0.1) is 0 Å². The summed E-state index contributed by atoms with van der Waals surface area (Å²) >= 11 is 0. The summed E-state index contributed by atoms with van der Waals surface area (Å²) in [6.45, 7) is 8.22. The lowest BCUT2D eigenvalue weighted by Gasteiger charge is -2.33. The van der Waals surface area contributed by atoms with Gasteiger partial charge in [0, 0.05) is 17.5 Å². The minimum absolute atomic E-state index is 0.106. The molecule has 0 N–H and O–H groups in total. The molecule has 144 valence electrons. The van der Waals surface area contributed by atoms with Crippen LogP contribution in [-0.2, 0) is 0 Å². The van der Waals surface area contributed by atoms with Gasteiger partial charge in [-0.05, 0) is 64.1 Å². The smallest absolute Gasteiger partial charge is 0.303 e. The first-order valence-electron chi connectivity index (χ1n) is 9.37. The first kappa shape index (κ1) is 18.2. The standard InChI is InChI=1S/C22H22FN3O2/c1-13(2)25(14(3)4)22-24-19-17-7-5-6-8-18(17)28-20(19)21(27)26(22)16-11-9-15(23)10-12-16/h5-14H,1-4H3. The number of hydrogen-bond acceptors (Lipinski definition) is 4. The first-order valence-corrected chi connectivity index (χ1v) is 9.37. The van der Waals surface area contributed by atoms with Crippen LogP contribution in [0, 0.1) is 5.82 Å². The molecule has 0 spiro atoms. The molecule has 4 aromatic rings. The Hall–Kier alpha value is -3.15. The molecule has 2 aromatic heterocycles. The number of anilines is 1. The van der Waals surface area contributed by atoms with Crippen LogP contribution in [0.15, 0.2) is 57.7 Å². The highest BCUT2D eigenvalue weighted by Gasteiger charge is 2.25. The van der Waals surface area contributed by atoms with Crippen molar-refractivity contribution < 1.29 is 8.81 Å². The van der Waals surface area contributed by atoms with Gasteiger partial charge in [-0.1, -0.05) is 12.1 Å². The summed E-state index contributed by atoms with van der Waals surface area (Å²) in [5, 5.41) is 0.801. The Kier molecular flexibility index (Phi) is 4.41. The zero-order valence-electron chi connectivity index (χ0n) is 16.3. The number of para-hydroxylation sites is 1. The molecule has 0 atom stereocenters. The van der Waals surface area contributed by atoms with E-state index >= 15 is 0 Å². The zero-order valence-corrected chi connectivity index (χ0v) is 16.3. The maximum absolute atomic E-state index is 13.5. The third-order valence-corrected chi connectivity index (χ3v) is 4.81. The van der Waals surface area contributed by atoms with E-state index in [1.807, 2.05) is 24.3 Å². The summed E-state index contributed by atoms with van der Waals surface area (Å²) < 4.78 is 20.8. The maximum atomic E-state index is 13.5. The summed E-state index contributed by atoms with van der Waals surface area (Å²) in [7, 11) is 0. The molecule has 0 aliphatic rings. The maximum Gasteiger partial charge on any atom is 0.303 e. The lowest BCUT2D eigenvalue weighted by Crippen LogP contribution is -2.41. The number of rotatable bonds is 4. The van der Waals surface area contributed by atoms with Gasteiger partial charge in [0.2, 0.25) is 11.5 Å². The molecule has 0 fully saturated rings. The quantitative estimate of drug-likeness (QED) is 0.506. The molecule has 0 bridgehead atoms. The number of halogens is 1. The van der Waals surface area contributed by atoms with Crippen LogP contribution >= 0.6 is 0 Å². The molecule has 2 heterocycles. The molecule has 6 heteroatoms. The minimum atomic E-state index is -0.360. The van der Waals surface area contributed by atoms with Crippen molar-refractivity contribution in [3.05, 3.63) is 64.7 Å². The fourth-order valence-corrected chi connectivity index (χ4v) is 3.68. The van der Waals surface area contributed by atoms with Crippen molar-refractivity contribution in [1.82, 2.24) is 9.55 Å². The molecule has 0 radical (unpaired) electrons. The van der Waals surface area contributed by atoms with E-state index in [2.05, 4.69) is 32.6 Å². The van der Waals surface area contributed by atoms with Crippen LogP contribution in [0.1, 0.15) is 27.7 Å². The molecule has 2 aromatic carbocycles. The van der Waals surface area contributed by atoms with E-state index in [1.54, 1.807) is 12.1 Å². The Balaban J connectivity index is 2.14. The van der Waals surface area contributed by atoms with E-state index in [1.165, 1.54) is 16.7 Å². The van der Waals surface area contributed by atoms with Gasteiger partial charge in [0.25, 0.3) is 0 Å². The van der Waals surface area contributed by atoms with Crippen LogP contribution in [0.2, 0.25) is 0 Å². The lowest BCUT2D eigenvalue weighted by atomic mass is 10.2. The van der Waals surface area contributed by atoms with Crippen molar-refractivity contribution in [2.45, 2.75) is 39.8 Å². The van der Waals surface area contributed by atoms with Crippen molar-refractivity contribution in [1.29, 1.82) is 0 Å². The number of hydrogen-bond donors (Lipinski definition) is 0. The summed E-state index contributed by atoms with van der Waals surface area (Å²) in [6.07, 6.45) is 0. The predicted molar refractivity (Wildman–Crippen MR) is 110 cm³/mol. The third-order valence-electron chi connectivity index (χ3n) is 4.81. The zero-order chi connectivity index (χ0) is 20.0. The van der Waals surface area contributed by atoms with E-state index in [0.29, 0.717) is 22.7 Å². The van der Waals surface area contributed by atoms with Crippen molar-refractivity contribution >= 4 is 28.0 Å². The topological polar surface area (TPSA) is 51.3 Å². The van der Waals surface area contributed by atoms with Gasteiger partial charge in [-0.25, -0.2) is 13.9 Å². The van der Waals surface area contributed by atoms with Gasteiger partial charge in [0.1, 0.15) is 16.9 Å². The van der Waals surface area contributed by atoms with Crippen LogP contribution in [0.25, 0.3) is 27.8 Å². The van der Waals surface area contributed by atoms with E-state index in [0.717, 1.165) is 5.39 Å². The van der Waals surface area contributed by atoms with Gasteiger partial charge in [0.15, 0.2) is 0 Å². The van der Waals surface area contributed by atoms with Crippen LogP contribution in [0.4, 0.5) is 10.3 Å². The van der Waals surface area contributed by atoms with Gasteiger partial charge in [0.05, 0.1) is 5.69 Å². The highest BCUT2D eigenvalue weighted by atomic mass is 19.1. The highest BCUT2D eigenvalue weighted by Crippen LogP contribution is 2.29. The SMILES string of the molecule is CC(C)N(c1nc2c(oc3ccccc32)c(=O)n1-c1ccc(F)cc1)C(C)C. The molecule has 0 saturated heterocycles. The number of aromatic nitrogens is 2. The Morgan fingerprint density at radius 3 is 2.29 bits per heavy atom. The van der Waals surface area contributed by atoms with Crippen molar-refractivity contribution in [3.8, 4) is 5.69 Å². The molecule has 0 unspecified atom stereocenters. The van der Waals surface area contributed by atoms with Crippen molar-refractivity contribution in [2.75, 3.05) is 4.90 Å². The normalized spacial score (nSPS) is 11.8. The summed E-state index contributed by atoms with van der Waals surface area (Å²) in [5.41, 5.74) is 1.59. The molecule has 5 nitrogen and oxygen atoms in total. The lowest BCUT2D eigenvalue weighted by molar-refractivity contribution is 0.579. The van der Waals surface area contributed by atoms with Crippen molar-refractivity contribution in [2.24, 2.45) is 0 Å². The monoisotopic (exact) mass is 379 g/mol. The predicted octanol–water partition coefficient (Wildman–Crippen LogP) is 4.89. The van der Waals surface area contributed by atoms with Crippen LogP contribution < -0.4 is 10.5 Å². The second-order valence-electron chi connectivity index (χ2n) is 7.40. The largest absolute Gasteiger partial charge is 0.448 e. The summed E-state index contributed by atoms with van der Waals surface area (Å²) in [5.74, 6) is 0.154. The average molecular weight is 379 g/mol. The molecular formula is C22H22FN3O2. The van der Waals surface area contributed by atoms with Crippen LogP contribution in [0.5, 0.6) is 0 Å². The van der Waals surface area contributed by atoms with E-state index in [-0.39, 0.29) is 29.0 Å². The Bertz CT molecular complexity index is 1200.